The molecule has 0 fully saturated rings. The predicted octanol–water partition coefficient (Wildman–Crippen LogP) is 3.76. The number of anilines is 1. The molecule has 1 aliphatic heterocycles. The van der Waals surface area contributed by atoms with Gasteiger partial charge in [-0.15, -0.1) is 0 Å². The second-order valence-corrected chi connectivity index (χ2v) is 9.65. The van der Waals surface area contributed by atoms with Crippen LogP contribution in [0.4, 0.5) is 5.69 Å². The van der Waals surface area contributed by atoms with E-state index in [1.165, 1.54) is 19.2 Å². The number of rotatable bonds is 7. The molecule has 6 nitrogen and oxygen atoms in total. The fourth-order valence-corrected chi connectivity index (χ4v) is 4.85. The van der Waals surface area contributed by atoms with Crippen LogP contribution in [0.3, 0.4) is 0 Å². The van der Waals surface area contributed by atoms with Crippen molar-refractivity contribution in [1.29, 1.82) is 0 Å². The number of halogens is 1. The summed E-state index contributed by atoms with van der Waals surface area (Å²) in [6, 6.07) is 10.2. The molecule has 1 heterocycles. The summed E-state index contributed by atoms with van der Waals surface area (Å²) in [4.78, 5) is 14.2. The third-order valence-corrected chi connectivity index (χ3v) is 6.46. The van der Waals surface area contributed by atoms with Crippen molar-refractivity contribution < 1.29 is 17.9 Å². The number of amides is 1. The van der Waals surface area contributed by atoms with Crippen LogP contribution in [0, 0.1) is 5.92 Å². The van der Waals surface area contributed by atoms with E-state index in [9.17, 15) is 13.2 Å². The zero-order valence-electron chi connectivity index (χ0n) is 16.7. The summed E-state index contributed by atoms with van der Waals surface area (Å²) >= 11 is 5.95. The lowest BCUT2D eigenvalue weighted by atomic mass is 10.1. The van der Waals surface area contributed by atoms with Gasteiger partial charge in [0.15, 0.2) is 0 Å². The van der Waals surface area contributed by atoms with Crippen LogP contribution in [0.15, 0.2) is 41.3 Å². The third kappa shape index (κ3) is 4.91. The molecule has 0 saturated carbocycles. The zero-order valence-corrected chi connectivity index (χ0v) is 18.3. The molecule has 1 N–H and O–H groups in total. The maximum Gasteiger partial charge on any atom is 0.244 e. The van der Waals surface area contributed by atoms with Crippen molar-refractivity contribution in [2.75, 3.05) is 18.6 Å². The maximum absolute atomic E-state index is 12.7. The summed E-state index contributed by atoms with van der Waals surface area (Å²) in [6.45, 7) is 4.85. The summed E-state index contributed by atoms with van der Waals surface area (Å²) < 4.78 is 33.2. The summed E-state index contributed by atoms with van der Waals surface area (Å²) in [5, 5.41) is 0.315. The monoisotopic (exact) mass is 436 g/mol. The van der Waals surface area contributed by atoms with Crippen LogP contribution in [0.25, 0.3) is 0 Å². The lowest BCUT2D eigenvalue weighted by molar-refractivity contribution is -0.119. The number of methoxy groups -OCH3 is 1. The van der Waals surface area contributed by atoms with E-state index in [-0.39, 0.29) is 23.1 Å². The molecular formula is C21H25ClN2O4S. The van der Waals surface area contributed by atoms with Gasteiger partial charge in [-0.1, -0.05) is 37.6 Å². The second kappa shape index (κ2) is 8.73. The van der Waals surface area contributed by atoms with Crippen LogP contribution in [0.2, 0.25) is 5.02 Å². The Morgan fingerprint density at radius 3 is 2.69 bits per heavy atom. The van der Waals surface area contributed by atoms with E-state index in [2.05, 4.69) is 4.72 Å². The van der Waals surface area contributed by atoms with Crippen molar-refractivity contribution in [2.45, 2.75) is 38.1 Å². The highest BCUT2D eigenvalue weighted by Gasteiger charge is 2.25. The largest absolute Gasteiger partial charge is 0.495 e. The average molecular weight is 437 g/mol. The molecule has 1 amide bonds. The molecule has 2 aromatic carbocycles. The SMILES string of the molecule is COc1ccc(Cl)cc1S(=O)(=O)NCc1ccc2c(c1)CCN2C(=O)CC(C)C. The van der Waals surface area contributed by atoms with Crippen molar-refractivity contribution in [3.05, 3.63) is 52.5 Å². The number of hydrogen-bond donors (Lipinski definition) is 1. The highest BCUT2D eigenvalue weighted by Crippen LogP contribution is 2.31. The Kier molecular flexibility index (Phi) is 6.51. The van der Waals surface area contributed by atoms with Gasteiger partial charge in [0.1, 0.15) is 10.6 Å². The van der Waals surface area contributed by atoms with E-state index in [1.54, 1.807) is 6.07 Å². The number of benzene rings is 2. The topological polar surface area (TPSA) is 75.7 Å². The van der Waals surface area contributed by atoms with E-state index < -0.39 is 10.0 Å². The molecule has 156 valence electrons. The van der Waals surface area contributed by atoms with Gasteiger partial charge < -0.3 is 9.64 Å². The van der Waals surface area contributed by atoms with E-state index in [0.717, 1.165) is 23.2 Å². The van der Waals surface area contributed by atoms with Gasteiger partial charge in [0, 0.05) is 30.2 Å². The van der Waals surface area contributed by atoms with Gasteiger partial charge in [0.2, 0.25) is 15.9 Å². The molecule has 0 aliphatic carbocycles. The fourth-order valence-electron chi connectivity index (χ4n) is 3.40. The lowest BCUT2D eigenvalue weighted by Gasteiger charge is -2.19. The first-order valence-electron chi connectivity index (χ1n) is 9.46. The molecule has 0 spiro atoms. The minimum Gasteiger partial charge on any atom is -0.495 e. The first kappa shape index (κ1) is 21.6. The van der Waals surface area contributed by atoms with Crippen molar-refractivity contribution in [2.24, 2.45) is 5.92 Å². The summed E-state index contributed by atoms with van der Waals surface area (Å²) in [6.07, 6.45) is 1.28. The smallest absolute Gasteiger partial charge is 0.244 e. The molecular weight excluding hydrogens is 412 g/mol. The Morgan fingerprint density at radius 1 is 1.24 bits per heavy atom. The van der Waals surface area contributed by atoms with Gasteiger partial charge in [-0.25, -0.2) is 13.1 Å². The van der Waals surface area contributed by atoms with E-state index >= 15 is 0 Å². The van der Waals surface area contributed by atoms with Gasteiger partial charge in [-0.05, 0) is 47.7 Å². The standard InChI is InChI=1S/C21H25ClN2O4S/c1-14(2)10-21(25)24-9-8-16-11-15(4-6-18(16)24)13-23-29(26,27)20-12-17(22)5-7-19(20)28-3/h4-7,11-12,14,23H,8-10,13H2,1-3H3. The van der Waals surface area contributed by atoms with Crippen LogP contribution >= 0.6 is 11.6 Å². The van der Waals surface area contributed by atoms with Crippen LogP contribution in [-0.4, -0.2) is 28.0 Å². The van der Waals surface area contributed by atoms with Crippen molar-refractivity contribution in [3.63, 3.8) is 0 Å². The summed E-state index contributed by atoms with van der Waals surface area (Å²) in [5.74, 6) is 0.666. The van der Waals surface area contributed by atoms with Crippen molar-refractivity contribution in [3.8, 4) is 5.75 Å². The maximum atomic E-state index is 12.7. The molecule has 0 bridgehead atoms. The summed E-state index contributed by atoms with van der Waals surface area (Å²) in [7, 11) is -2.39. The predicted molar refractivity (Wildman–Crippen MR) is 114 cm³/mol. The molecule has 3 rings (SSSR count). The molecule has 0 radical (unpaired) electrons. The van der Waals surface area contributed by atoms with Crippen LogP contribution in [0.5, 0.6) is 5.75 Å². The van der Waals surface area contributed by atoms with E-state index in [1.807, 2.05) is 36.9 Å². The van der Waals surface area contributed by atoms with E-state index in [0.29, 0.717) is 23.9 Å². The van der Waals surface area contributed by atoms with Crippen LogP contribution in [-0.2, 0) is 27.8 Å². The van der Waals surface area contributed by atoms with Crippen LogP contribution in [0.1, 0.15) is 31.4 Å². The zero-order chi connectivity index (χ0) is 21.2. The first-order chi connectivity index (χ1) is 13.7. The van der Waals surface area contributed by atoms with E-state index in [4.69, 9.17) is 16.3 Å². The minimum atomic E-state index is -3.80. The number of nitrogens with zero attached hydrogens (tertiary/aromatic N) is 1. The molecule has 8 heteroatoms. The van der Waals surface area contributed by atoms with Gasteiger partial charge >= 0.3 is 0 Å². The molecule has 0 aromatic heterocycles. The van der Waals surface area contributed by atoms with Gasteiger partial charge in [0.25, 0.3) is 0 Å². The molecule has 0 atom stereocenters. The fraction of sp³-hybridized carbons (Fsp3) is 0.381. The number of carbonyl (C=O) groups excluding carboxylic acids is 1. The Labute approximate surface area is 176 Å². The van der Waals surface area contributed by atoms with Crippen molar-refractivity contribution in [1.82, 2.24) is 4.72 Å². The molecule has 1 aliphatic rings. The number of ether oxygens (including phenoxy) is 1. The highest BCUT2D eigenvalue weighted by atomic mass is 35.5. The number of nitrogens with one attached hydrogen (secondary N) is 1. The van der Waals surface area contributed by atoms with Crippen molar-refractivity contribution >= 4 is 33.2 Å². The normalized spacial score (nSPS) is 13.6. The van der Waals surface area contributed by atoms with Gasteiger partial charge in [-0.2, -0.15) is 0 Å². The molecule has 29 heavy (non-hydrogen) atoms. The third-order valence-electron chi connectivity index (χ3n) is 4.80. The Morgan fingerprint density at radius 2 is 2.00 bits per heavy atom. The summed E-state index contributed by atoms with van der Waals surface area (Å²) in [5.41, 5.74) is 2.80. The van der Waals surface area contributed by atoms with Crippen LogP contribution < -0.4 is 14.4 Å². The Balaban J connectivity index is 1.74. The Bertz CT molecular complexity index is 1020. The van der Waals surface area contributed by atoms with Gasteiger partial charge in [-0.3, -0.25) is 4.79 Å². The lowest BCUT2D eigenvalue weighted by Crippen LogP contribution is -2.29. The molecule has 0 saturated heterocycles. The average Bonchev–Trinajstić information content (AvgIpc) is 3.09. The number of fused-ring (bicyclic) bond motifs is 1. The molecule has 0 unspecified atom stereocenters. The highest BCUT2D eigenvalue weighted by molar-refractivity contribution is 7.89. The van der Waals surface area contributed by atoms with Gasteiger partial charge in [0.05, 0.1) is 7.11 Å². The minimum absolute atomic E-state index is 0.000817. The molecule has 2 aromatic rings. The quantitative estimate of drug-likeness (QED) is 0.716. The second-order valence-electron chi connectivity index (χ2n) is 7.48. The number of carbonyl (C=O) groups is 1. The first-order valence-corrected chi connectivity index (χ1v) is 11.3. The number of hydrogen-bond acceptors (Lipinski definition) is 4. The Hall–Kier alpha value is -2.09. The number of sulfonamides is 1.